The molecule has 0 aliphatic carbocycles. The van der Waals surface area contributed by atoms with E-state index in [1.165, 1.54) is 19.3 Å². The summed E-state index contributed by atoms with van der Waals surface area (Å²) in [5.41, 5.74) is 13.7. The van der Waals surface area contributed by atoms with E-state index in [0.29, 0.717) is 12.1 Å². The lowest BCUT2D eigenvalue weighted by Crippen LogP contribution is -2.53. The Balaban J connectivity index is 1.23. The van der Waals surface area contributed by atoms with Crippen molar-refractivity contribution in [1.29, 1.82) is 0 Å². The molecule has 4 heterocycles. The average Bonchev–Trinajstić information content (AvgIpc) is 3.19. The number of hydrogen-bond donors (Lipinski definition) is 2. The fraction of sp³-hybridized carbons (Fsp3) is 1.00. The molecule has 4 fully saturated rings. The van der Waals surface area contributed by atoms with E-state index >= 15 is 0 Å². The maximum atomic E-state index is 6.80. The van der Waals surface area contributed by atoms with Gasteiger partial charge in [-0.15, -0.1) is 0 Å². The van der Waals surface area contributed by atoms with Gasteiger partial charge in [0, 0.05) is 35.0 Å². The van der Waals surface area contributed by atoms with E-state index in [-0.39, 0.29) is 35.1 Å². The van der Waals surface area contributed by atoms with Gasteiger partial charge in [0.05, 0.1) is 25.4 Å². The Hall–Kier alpha value is -0.240. The van der Waals surface area contributed by atoms with Crippen molar-refractivity contribution in [3.8, 4) is 0 Å². The van der Waals surface area contributed by atoms with Crippen LogP contribution < -0.4 is 11.5 Å². The van der Waals surface area contributed by atoms with Gasteiger partial charge in [-0.25, -0.2) is 0 Å². The molecule has 2 spiro atoms. The van der Waals surface area contributed by atoms with Gasteiger partial charge in [-0.1, -0.05) is 0 Å². The van der Waals surface area contributed by atoms with E-state index < -0.39 is 0 Å². The second-order valence-electron chi connectivity index (χ2n) is 11.2. The third-order valence-electron chi connectivity index (χ3n) is 9.35. The molecule has 0 saturated carbocycles. The predicted molar refractivity (Wildman–Crippen MR) is 121 cm³/mol. The molecule has 6 nitrogen and oxygen atoms in total. The van der Waals surface area contributed by atoms with Crippen molar-refractivity contribution in [3.05, 3.63) is 0 Å². The molecule has 0 radical (unpaired) electrons. The Morgan fingerprint density at radius 2 is 1.37 bits per heavy atom. The van der Waals surface area contributed by atoms with Gasteiger partial charge in [0.2, 0.25) is 0 Å². The zero-order chi connectivity index (χ0) is 21.5. The van der Waals surface area contributed by atoms with Crippen molar-refractivity contribution in [2.24, 2.45) is 22.3 Å². The molecule has 0 amide bonds. The molecule has 0 aromatic carbocycles. The molecule has 0 aromatic rings. The van der Waals surface area contributed by atoms with Crippen LogP contribution in [-0.4, -0.2) is 85.6 Å². The summed E-state index contributed by atoms with van der Waals surface area (Å²) in [5, 5.41) is 0. The van der Waals surface area contributed by atoms with Gasteiger partial charge in [0.25, 0.3) is 0 Å². The van der Waals surface area contributed by atoms with E-state index in [1.54, 1.807) is 0 Å². The van der Waals surface area contributed by atoms with Crippen molar-refractivity contribution >= 4 is 0 Å². The van der Waals surface area contributed by atoms with Gasteiger partial charge in [0.1, 0.15) is 0 Å². The van der Waals surface area contributed by atoms with Crippen LogP contribution in [0.5, 0.6) is 0 Å². The summed E-state index contributed by atoms with van der Waals surface area (Å²) >= 11 is 0. The molecule has 174 valence electrons. The summed E-state index contributed by atoms with van der Waals surface area (Å²) in [6, 6.07) is 1.60. The summed E-state index contributed by atoms with van der Waals surface area (Å²) < 4.78 is 12.2. The number of nitrogens with two attached hydrogens (primary N) is 2. The third-order valence-corrected chi connectivity index (χ3v) is 9.35. The molecular weight excluding hydrogens is 376 g/mol. The van der Waals surface area contributed by atoms with Crippen LogP contribution in [-0.2, 0) is 9.47 Å². The van der Waals surface area contributed by atoms with Crippen LogP contribution >= 0.6 is 0 Å². The quantitative estimate of drug-likeness (QED) is 0.707. The van der Waals surface area contributed by atoms with E-state index in [4.69, 9.17) is 20.9 Å². The zero-order valence-corrected chi connectivity index (χ0v) is 19.8. The molecule has 1 unspecified atom stereocenters. The molecule has 0 aromatic heterocycles. The number of likely N-dealkylation sites (tertiary alicyclic amines) is 2. The second-order valence-corrected chi connectivity index (χ2v) is 11.2. The highest BCUT2D eigenvalue weighted by Crippen LogP contribution is 2.44. The molecule has 4 aliphatic rings. The number of hydrogen-bond acceptors (Lipinski definition) is 6. The van der Waals surface area contributed by atoms with Gasteiger partial charge in [-0.2, -0.15) is 0 Å². The van der Waals surface area contributed by atoms with Gasteiger partial charge in [-0.05, 0) is 92.4 Å². The standard InChI is InChI=1S/C24H46N4O2/c1-17(2)27-11-7-24(8-12-27)16-30-20(22(24)26)6-5-18(3)28-13-9-23(10-14-28)15-29-19(4)21(23)25/h17-22H,5-16,25-26H2,1-4H3/t18?,19-,20+,21+,22-/m1/s1. The van der Waals surface area contributed by atoms with Crippen LogP contribution in [0.4, 0.5) is 0 Å². The number of ether oxygens (including phenoxy) is 2. The summed E-state index contributed by atoms with van der Waals surface area (Å²) in [6.07, 6.45) is 7.38. The van der Waals surface area contributed by atoms with Crippen molar-refractivity contribution in [2.75, 3.05) is 39.4 Å². The summed E-state index contributed by atoms with van der Waals surface area (Å²) in [7, 11) is 0. The Morgan fingerprint density at radius 3 is 1.90 bits per heavy atom. The maximum Gasteiger partial charge on any atom is 0.0733 e. The number of piperidine rings is 2. The lowest BCUT2D eigenvalue weighted by atomic mass is 9.72. The Morgan fingerprint density at radius 1 is 0.833 bits per heavy atom. The molecule has 5 atom stereocenters. The monoisotopic (exact) mass is 422 g/mol. The van der Waals surface area contributed by atoms with E-state index in [9.17, 15) is 0 Å². The smallest absolute Gasteiger partial charge is 0.0733 e. The lowest BCUT2D eigenvalue weighted by Gasteiger charge is -2.44. The molecule has 4 N–H and O–H groups in total. The topological polar surface area (TPSA) is 77.0 Å². The highest BCUT2D eigenvalue weighted by atomic mass is 16.5. The lowest BCUT2D eigenvalue weighted by molar-refractivity contribution is 0.0402. The van der Waals surface area contributed by atoms with Crippen LogP contribution in [0, 0.1) is 10.8 Å². The highest BCUT2D eigenvalue weighted by molar-refractivity contribution is 5.03. The third kappa shape index (κ3) is 4.20. The van der Waals surface area contributed by atoms with Crippen LogP contribution in [0.3, 0.4) is 0 Å². The van der Waals surface area contributed by atoms with E-state index in [0.717, 1.165) is 58.7 Å². The Labute approximate surface area is 184 Å². The largest absolute Gasteiger partial charge is 0.376 e. The first-order valence-electron chi connectivity index (χ1n) is 12.5. The van der Waals surface area contributed by atoms with Crippen molar-refractivity contribution in [1.82, 2.24) is 9.80 Å². The van der Waals surface area contributed by atoms with Crippen molar-refractivity contribution < 1.29 is 9.47 Å². The van der Waals surface area contributed by atoms with Gasteiger partial charge in [-0.3, -0.25) is 0 Å². The Kier molecular flexibility index (Phi) is 6.84. The maximum absolute atomic E-state index is 6.80. The predicted octanol–water partition coefficient (Wildman–Crippen LogP) is 2.20. The van der Waals surface area contributed by atoms with Crippen molar-refractivity contribution in [2.45, 2.75) is 103 Å². The van der Waals surface area contributed by atoms with Gasteiger partial charge in [0.15, 0.2) is 0 Å². The number of nitrogens with zero attached hydrogens (tertiary/aromatic N) is 2. The minimum absolute atomic E-state index is 0.193. The summed E-state index contributed by atoms with van der Waals surface area (Å²) in [4.78, 5) is 5.23. The molecule has 4 rings (SSSR count). The first kappa shape index (κ1) is 22.9. The fourth-order valence-corrected chi connectivity index (χ4v) is 6.56. The molecule has 4 saturated heterocycles. The minimum Gasteiger partial charge on any atom is -0.376 e. The fourth-order valence-electron chi connectivity index (χ4n) is 6.56. The highest BCUT2D eigenvalue weighted by Gasteiger charge is 2.50. The summed E-state index contributed by atoms with van der Waals surface area (Å²) in [6.45, 7) is 15.4. The van der Waals surface area contributed by atoms with Crippen LogP contribution in [0.2, 0.25) is 0 Å². The SMILES string of the molecule is CC(C)N1CCC2(CC1)CO[C@@H](CCC(C)N1CCC3(CC1)CO[C@H](C)[C@@H]3N)[C@H]2N. The molecular formula is C24H46N4O2. The normalized spacial score (nSPS) is 38.1. The first-order chi connectivity index (χ1) is 14.3. The van der Waals surface area contributed by atoms with Crippen LogP contribution in [0.1, 0.15) is 66.2 Å². The molecule has 6 heteroatoms. The number of rotatable bonds is 5. The Bertz CT molecular complexity index is 570. The average molecular weight is 423 g/mol. The first-order valence-corrected chi connectivity index (χ1v) is 12.5. The summed E-state index contributed by atoms with van der Waals surface area (Å²) in [5.74, 6) is 0. The molecule has 30 heavy (non-hydrogen) atoms. The molecule has 4 aliphatic heterocycles. The van der Waals surface area contributed by atoms with Crippen molar-refractivity contribution in [3.63, 3.8) is 0 Å². The second kappa shape index (κ2) is 8.95. The van der Waals surface area contributed by atoms with Gasteiger partial charge < -0.3 is 30.7 Å². The minimum atomic E-state index is 0.193. The zero-order valence-electron chi connectivity index (χ0n) is 19.8. The molecule has 0 bridgehead atoms. The van der Waals surface area contributed by atoms with E-state index in [1.807, 2.05) is 0 Å². The van der Waals surface area contributed by atoms with E-state index in [2.05, 4.69) is 37.5 Å². The van der Waals surface area contributed by atoms with Gasteiger partial charge >= 0.3 is 0 Å². The van der Waals surface area contributed by atoms with Crippen LogP contribution in [0.25, 0.3) is 0 Å². The van der Waals surface area contributed by atoms with Crippen LogP contribution in [0.15, 0.2) is 0 Å².